The van der Waals surface area contributed by atoms with Crippen molar-refractivity contribution < 1.29 is 9.53 Å². The van der Waals surface area contributed by atoms with Gasteiger partial charge < -0.3 is 9.64 Å². The van der Waals surface area contributed by atoms with Gasteiger partial charge in [-0.2, -0.15) is 0 Å². The third-order valence-corrected chi connectivity index (χ3v) is 3.89. The highest BCUT2D eigenvalue weighted by Crippen LogP contribution is 2.25. The smallest absolute Gasteiger partial charge is 0.410 e. The second-order valence-corrected chi connectivity index (χ2v) is 6.60. The van der Waals surface area contributed by atoms with Crippen LogP contribution in [-0.2, 0) is 4.74 Å². The van der Waals surface area contributed by atoms with E-state index >= 15 is 0 Å². The average Bonchev–Trinajstić information content (AvgIpc) is 2.82. The average molecular weight is 254 g/mol. The SMILES string of the molecule is C[C@@H]1CCCN1[C@H]1CCN(C(=O)OC(C)(C)C)C1. The van der Waals surface area contributed by atoms with Crippen LogP contribution in [0.15, 0.2) is 0 Å². The Morgan fingerprint density at radius 2 is 1.94 bits per heavy atom. The molecule has 2 aliphatic heterocycles. The summed E-state index contributed by atoms with van der Waals surface area (Å²) in [7, 11) is 0. The summed E-state index contributed by atoms with van der Waals surface area (Å²) < 4.78 is 5.43. The van der Waals surface area contributed by atoms with Gasteiger partial charge in [-0.05, 0) is 53.5 Å². The molecule has 0 unspecified atom stereocenters. The molecule has 2 fully saturated rings. The van der Waals surface area contributed by atoms with Crippen LogP contribution < -0.4 is 0 Å². The van der Waals surface area contributed by atoms with E-state index in [1.165, 1.54) is 19.4 Å². The lowest BCUT2D eigenvalue weighted by Crippen LogP contribution is -2.41. The first-order chi connectivity index (χ1) is 8.37. The number of hydrogen-bond acceptors (Lipinski definition) is 3. The fourth-order valence-electron chi connectivity index (χ4n) is 3.00. The predicted octanol–water partition coefficient (Wildman–Crippen LogP) is 2.48. The molecule has 0 aromatic heterocycles. The van der Waals surface area contributed by atoms with Crippen molar-refractivity contribution in [2.45, 2.75) is 64.6 Å². The largest absolute Gasteiger partial charge is 0.444 e. The minimum absolute atomic E-state index is 0.156. The number of hydrogen-bond donors (Lipinski definition) is 0. The van der Waals surface area contributed by atoms with Crippen LogP contribution in [0.4, 0.5) is 4.79 Å². The van der Waals surface area contributed by atoms with Crippen molar-refractivity contribution >= 4 is 6.09 Å². The van der Waals surface area contributed by atoms with Crippen molar-refractivity contribution in [3.05, 3.63) is 0 Å². The Morgan fingerprint density at radius 1 is 1.22 bits per heavy atom. The van der Waals surface area contributed by atoms with Gasteiger partial charge in [0.15, 0.2) is 0 Å². The number of carbonyl (C=O) groups excluding carboxylic acids is 1. The monoisotopic (exact) mass is 254 g/mol. The number of amides is 1. The maximum Gasteiger partial charge on any atom is 0.410 e. The van der Waals surface area contributed by atoms with Crippen LogP contribution in [0.5, 0.6) is 0 Å². The molecule has 0 aromatic rings. The number of likely N-dealkylation sites (tertiary alicyclic amines) is 2. The van der Waals surface area contributed by atoms with Gasteiger partial charge in [-0.3, -0.25) is 4.90 Å². The Labute approximate surface area is 110 Å². The lowest BCUT2D eigenvalue weighted by molar-refractivity contribution is 0.0278. The zero-order valence-corrected chi connectivity index (χ0v) is 12.1. The maximum atomic E-state index is 12.0. The van der Waals surface area contributed by atoms with Crippen LogP contribution in [0.1, 0.15) is 47.0 Å². The van der Waals surface area contributed by atoms with E-state index in [1.54, 1.807) is 0 Å². The fourth-order valence-corrected chi connectivity index (χ4v) is 3.00. The number of rotatable bonds is 1. The summed E-state index contributed by atoms with van der Waals surface area (Å²) in [6.45, 7) is 10.9. The third-order valence-electron chi connectivity index (χ3n) is 3.89. The van der Waals surface area contributed by atoms with Crippen LogP contribution in [0.25, 0.3) is 0 Å². The van der Waals surface area contributed by atoms with Gasteiger partial charge >= 0.3 is 6.09 Å². The summed E-state index contributed by atoms with van der Waals surface area (Å²) in [6, 6.07) is 1.21. The van der Waals surface area contributed by atoms with E-state index in [2.05, 4.69) is 11.8 Å². The molecule has 104 valence electrons. The molecule has 1 amide bonds. The normalized spacial score (nSPS) is 29.9. The van der Waals surface area contributed by atoms with Gasteiger partial charge in [-0.15, -0.1) is 0 Å². The van der Waals surface area contributed by atoms with Gasteiger partial charge in [0.2, 0.25) is 0 Å². The first kappa shape index (κ1) is 13.7. The Balaban J connectivity index is 1.86. The Morgan fingerprint density at radius 3 is 2.50 bits per heavy atom. The quantitative estimate of drug-likeness (QED) is 0.720. The number of nitrogens with zero attached hydrogens (tertiary/aromatic N) is 2. The molecule has 2 aliphatic rings. The summed E-state index contributed by atoms with van der Waals surface area (Å²) >= 11 is 0. The second-order valence-electron chi connectivity index (χ2n) is 6.60. The summed E-state index contributed by atoms with van der Waals surface area (Å²) in [5, 5.41) is 0. The molecule has 2 rings (SSSR count). The van der Waals surface area contributed by atoms with Crippen LogP contribution in [0.2, 0.25) is 0 Å². The van der Waals surface area contributed by atoms with Crippen molar-refractivity contribution in [1.29, 1.82) is 0 Å². The maximum absolute atomic E-state index is 12.0. The van der Waals surface area contributed by atoms with Gasteiger partial charge in [-0.1, -0.05) is 0 Å². The van der Waals surface area contributed by atoms with Gasteiger partial charge in [0, 0.05) is 25.2 Å². The molecule has 2 atom stereocenters. The van der Waals surface area contributed by atoms with Crippen molar-refractivity contribution in [2.75, 3.05) is 19.6 Å². The van der Waals surface area contributed by atoms with Crippen molar-refractivity contribution in [2.24, 2.45) is 0 Å². The van der Waals surface area contributed by atoms with Crippen molar-refractivity contribution in [3.8, 4) is 0 Å². The second kappa shape index (κ2) is 5.08. The van der Waals surface area contributed by atoms with Crippen molar-refractivity contribution in [3.63, 3.8) is 0 Å². The van der Waals surface area contributed by atoms with Crippen LogP contribution >= 0.6 is 0 Å². The van der Waals surface area contributed by atoms with E-state index in [0.717, 1.165) is 19.5 Å². The molecule has 18 heavy (non-hydrogen) atoms. The van der Waals surface area contributed by atoms with Crippen LogP contribution in [-0.4, -0.2) is 53.2 Å². The highest BCUT2D eigenvalue weighted by Gasteiger charge is 2.35. The van der Waals surface area contributed by atoms with E-state index in [-0.39, 0.29) is 6.09 Å². The van der Waals surface area contributed by atoms with E-state index in [0.29, 0.717) is 12.1 Å². The minimum atomic E-state index is -0.393. The predicted molar refractivity (Wildman–Crippen MR) is 71.6 cm³/mol. The molecule has 0 radical (unpaired) electrons. The van der Waals surface area contributed by atoms with E-state index in [4.69, 9.17) is 4.74 Å². The molecule has 0 aliphatic carbocycles. The molecule has 4 heteroatoms. The molecule has 4 nitrogen and oxygen atoms in total. The van der Waals surface area contributed by atoms with Gasteiger partial charge in [-0.25, -0.2) is 4.79 Å². The zero-order valence-electron chi connectivity index (χ0n) is 12.1. The third kappa shape index (κ3) is 3.16. The molecule has 0 aromatic carbocycles. The highest BCUT2D eigenvalue weighted by molar-refractivity contribution is 5.68. The van der Waals surface area contributed by atoms with Gasteiger partial charge in [0.05, 0.1) is 0 Å². The van der Waals surface area contributed by atoms with Gasteiger partial charge in [0.1, 0.15) is 5.60 Å². The first-order valence-corrected chi connectivity index (χ1v) is 7.10. The molecule has 2 saturated heterocycles. The highest BCUT2D eigenvalue weighted by atomic mass is 16.6. The molecular formula is C14H26N2O2. The van der Waals surface area contributed by atoms with E-state index < -0.39 is 5.60 Å². The standard InChI is InChI=1S/C14H26N2O2/c1-11-6-5-8-16(11)12-7-9-15(10-12)13(17)18-14(2,3)4/h11-12H,5-10H2,1-4H3/t11-,12+/m1/s1. The topological polar surface area (TPSA) is 32.8 Å². The molecular weight excluding hydrogens is 228 g/mol. The fraction of sp³-hybridized carbons (Fsp3) is 0.929. The molecule has 0 N–H and O–H groups in total. The van der Waals surface area contributed by atoms with E-state index in [9.17, 15) is 4.79 Å². The van der Waals surface area contributed by atoms with E-state index in [1.807, 2.05) is 25.7 Å². The summed E-state index contributed by atoms with van der Waals surface area (Å²) in [4.78, 5) is 16.4. The number of ether oxygens (including phenoxy) is 1. The molecule has 0 spiro atoms. The Kier molecular flexibility index (Phi) is 3.85. The molecule has 2 heterocycles. The lowest BCUT2D eigenvalue weighted by Gasteiger charge is -2.29. The van der Waals surface area contributed by atoms with Crippen LogP contribution in [0.3, 0.4) is 0 Å². The van der Waals surface area contributed by atoms with Gasteiger partial charge in [0.25, 0.3) is 0 Å². The summed E-state index contributed by atoms with van der Waals surface area (Å²) in [5.41, 5.74) is -0.393. The zero-order chi connectivity index (χ0) is 13.3. The van der Waals surface area contributed by atoms with Crippen LogP contribution in [0, 0.1) is 0 Å². The lowest BCUT2D eigenvalue weighted by atomic mass is 10.2. The Hall–Kier alpha value is -0.770. The summed E-state index contributed by atoms with van der Waals surface area (Å²) in [6.07, 6.45) is 3.52. The molecule has 0 saturated carbocycles. The molecule has 0 bridgehead atoms. The minimum Gasteiger partial charge on any atom is -0.444 e. The first-order valence-electron chi connectivity index (χ1n) is 7.10. The van der Waals surface area contributed by atoms with Crippen molar-refractivity contribution in [1.82, 2.24) is 9.80 Å². The number of carbonyl (C=O) groups is 1. The summed E-state index contributed by atoms with van der Waals surface area (Å²) in [5.74, 6) is 0. The Bertz CT molecular complexity index is 311.